The van der Waals surface area contributed by atoms with Gasteiger partial charge in [-0.25, -0.2) is 9.97 Å². The number of hydrogen-bond donors (Lipinski definition) is 1. The lowest BCUT2D eigenvalue weighted by Crippen LogP contribution is -2.39. The van der Waals surface area contributed by atoms with Crippen molar-refractivity contribution in [1.82, 2.24) is 24.8 Å². The van der Waals surface area contributed by atoms with Gasteiger partial charge in [-0.05, 0) is 68.0 Å². The van der Waals surface area contributed by atoms with Crippen LogP contribution >= 0.6 is 11.6 Å². The van der Waals surface area contributed by atoms with Crippen LogP contribution in [-0.4, -0.2) is 43.6 Å². The SMILES string of the molecule is CC1CC[C@]2(CC[C@@H]1NC(=O)c1cc(-n3ccnc3)ccn1)CN2c1cc(C(F)(F)F)nc2ccc(Cl)cc12. The minimum Gasteiger partial charge on any atom is -0.361 e. The second-order valence-electron chi connectivity index (χ2n) is 10.5. The van der Waals surface area contributed by atoms with Crippen molar-refractivity contribution in [3.8, 4) is 5.69 Å². The highest BCUT2D eigenvalue weighted by atomic mass is 35.5. The fourth-order valence-corrected chi connectivity index (χ4v) is 5.85. The number of anilines is 1. The number of fused-ring (bicyclic) bond motifs is 1. The van der Waals surface area contributed by atoms with E-state index in [1.165, 1.54) is 6.07 Å². The second kappa shape index (κ2) is 9.51. The van der Waals surface area contributed by atoms with E-state index in [0.29, 0.717) is 34.8 Å². The Labute approximate surface area is 228 Å². The fraction of sp³-hybridized carbons (Fsp3) is 0.357. The molecule has 6 rings (SSSR count). The lowest BCUT2D eigenvalue weighted by atomic mass is 9.96. The van der Waals surface area contributed by atoms with Crippen molar-refractivity contribution in [2.75, 3.05) is 11.4 Å². The number of amides is 1. The summed E-state index contributed by atoms with van der Waals surface area (Å²) in [5.74, 6) is -0.0519. The van der Waals surface area contributed by atoms with Crippen LogP contribution in [0.4, 0.5) is 18.9 Å². The molecule has 1 unspecified atom stereocenters. The van der Waals surface area contributed by atoms with E-state index in [2.05, 4.69) is 32.1 Å². The summed E-state index contributed by atoms with van der Waals surface area (Å²) in [5.41, 5.74) is 0.714. The molecule has 1 aliphatic heterocycles. The summed E-state index contributed by atoms with van der Waals surface area (Å²) in [6.45, 7) is 2.76. The molecule has 1 N–H and O–H groups in total. The van der Waals surface area contributed by atoms with Gasteiger partial charge < -0.3 is 14.8 Å². The third-order valence-corrected chi connectivity index (χ3v) is 8.25. The molecule has 2 aliphatic rings. The van der Waals surface area contributed by atoms with Gasteiger partial charge in [0.1, 0.15) is 11.4 Å². The molecule has 2 fully saturated rings. The average molecular weight is 555 g/mol. The van der Waals surface area contributed by atoms with E-state index in [1.54, 1.807) is 53.8 Å². The number of nitrogens with zero attached hydrogens (tertiary/aromatic N) is 5. The maximum absolute atomic E-state index is 13.7. The molecule has 1 spiro atoms. The van der Waals surface area contributed by atoms with Crippen LogP contribution in [0.15, 0.2) is 61.3 Å². The van der Waals surface area contributed by atoms with Gasteiger partial charge in [-0.15, -0.1) is 0 Å². The third-order valence-electron chi connectivity index (χ3n) is 8.02. The molecule has 202 valence electrons. The van der Waals surface area contributed by atoms with Crippen LogP contribution in [0.5, 0.6) is 0 Å². The van der Waals surface area contributed by atoms with E-state index in [-0.39, 0.29) is 28.9 Å². The number of benzene rings is 1. The first kappa shape index (κ1) is 25.6. The van der Waals surface area contributed by atoms with Gasteiger partial charge in [-0.3, -0.25) is 9.78 Å². The van der Waals surface area contributed by atoms with Crippen molar-refractivity contribution in [3.63, 3.8) is 0 Å². The number of rotatable bonds is 4. The highest BCUT2D eigenvalue weighted by Crippen LogP contribution is 2.50. The number of halogens is 4. The molecular weight excluding hydrogens is 529 g/mol. The highest BCUT2D eigenvalue weighted by molar-refractivity contribution is 6.31. The first-order valence-electron chi connectivity index (χ1n) is 12.8. The Hall–Kier alpha value is -3.66. The molecule has 0 radical (unpaired) electrons. The van der Waals surface area contributed by atoms with Crippen LogP contribution in [0, 0.1) is 5.92 Å². The van der Waals surface area contributed by atoms with Gasteiger partial charge in [0.2, 0.25) is 0 Å². The molecule has 3 aromatic heterocycles. The largest absolute Gasteiger partial charge is 0.433 e. The number of carbonyl (C=O) groups excluding carboxylic acids is 1. The summed E-state index contributed by atoms with van der Waals surface area (Å²) in [4.78, 5) is 27.3. The standard InChI is InChI=1S/C28H26ClF3N6O/c1-17-4-7-27(8-5-21(17)36-26(39)23-13-19(6-9-34-23)37-11-10-33-16-37)15-38(27)24-14-25(28(30,31)32)35-22-3-2-18(29)12-20(22)24/h2-3,6,9-14,16-17,21H,4-5,7-8,15H2,1H3,(H,36,39)/t17?,21-,27-,38?/m0/s1. The zero-order valence-corrected chi connectivity index (χ0v) is 21.9. The lowest BCUT2D eigenvalue weighted by molar-refractivity contribution is -0.140. The van der Waals surface area contributed by atoms with Crippen molar-refractivity contribution >= 4 is 34.1 Å². The Morgan fingerprint density at radius 1 is 1.13 bits per heavy atom. The van der Waals surface area contributed by atoms with Gasteiger partial charge in [-0.1, -0.05) is 18.5 Å². The monoisotopic (exact) mass is 554 g/mol. The predicted octanol–water partition coefficient (Wildman–Crippen LogP) is 6.06. The van der Waals surface area contributed by atoms with E-state index in [4.69, 9.17) is 11.6 Å². The van der Waals surface area contributed by atoms with E-state index < -0.39 is 11.9 Å². The predicted molar refractivity (Wildman–Crippen MR) is 142 cm³/mol. The molecule has 1 amide bonds. The number of hydrogen-bond acceptors (Lipinski definition) is 5. The van der Waals surface area contributed by atoms with Crippen molar-refractivity contribution in [3.05, 3.63) is 77.7 Å². The normalized spacial score (nSPS) is 23.2. The molecule has 7 nitrogen and oxygen atoms in total. The summed E-state index contributed by atoms with van der Waals surface area (Å²) in [6, 6.07) is 9.35. The topological polar surface area (TPSA) is 75.7 Å². The van der Waals surface area contributed by atoms with E-state index >= 15 is 0 Å². The number of aromatic nitrogens is 4. The van der Waals surface area contributed by atoms with Crippen molar-refractivity contribution in [2.24, 2.45) is 5.92 Å². The minimum absolute atomic E-state index is 0.0765. The molecule has 0 bridgehead atoms. The first-order chi connectivity index (χ1) is 18.6. The smallest absolute Gasteiger partial charge is 0.361 e. The summed E-state index contributed by atoms with van der Waals surface area (Å²) < 4.78 is 42.8. The van der Waals surface area contributed by atoms with Crippen molar-refractivity contribution in [2.45, 2.75) is 50.4 Å². The van der Waals surface area contributed by atoms with Gasteiger partial charge in [0.05, 0.1) is 23.1 Å². The molecular formula is C28H26ClF3N6O. The maximum Gasteiger partial charge on any atom is 0.433 e. The Bertz CT molecular complexity index is 1540. The molecule has 39 heavy (non-hydrogen) atoms. The van der Waals surface area contributed by atoms with Crippen molar-refractivity contribution < 1.29 is 18.0 Å². The van der Waals surface area contributed by atoms with Crippen molar-refractivity contribution in [1.29, 1.82) is 0 Å². The van der Waals surface area contributed by atoms with Gasteiger partial charge in [0.15, 0.2) is 0 Å². The molecule has 3 atom stereocenters. The summed E-state index contributed by atoms with van der Waals surface area (Å²) >= 11 is 6.21. The fourth-order valence-electron chi connectivity index (χ4n) is 5.68. The number of imidazole rings is 1. The maximum atomic E-state index is 13.7. The molecule has 1 saturated heterocycles. The van der Waals surface area contributed by atoms with E-state index in [0.717, 1.165) is 31.0 Å². The van der Waals surface area contributed by atoms with Crippen LogP contribution in [0.3, 0.4) is 0 Å². The van der Waals surface area contributed by atoms with Crippen LogP contribution in [-0.2, 0) is 6.18 Å². The summed E-state index contributed by atoms with van der Waals surface area (Å²) in [7, 11) is 0. The van der Waals surface area contributed by atoms with Crippen LogP contribution in [0.25, 0.3) is 16.6 Å². The zero-order chi connectivity index (χ0) is 27.4. The van der Waals surface area contributed by atoms with Crippen LogP contribution in [0.1, 0.15) is 48.8 Å². The summed E-state index contributed by atoms with van der Waals surface area (Å²) in [5, 5.41) is 4.22. The van der Waals surface area contributed by atoms with Crippen LogP contribution < -0.4 is 10.2 Å². The van der Waals surface area contributed by atoms with Gasteiger partial charge in [0.25, 0.3) is 5.91 Å². The Morgan fingerprint density at radius 3 is 2.72 bits per heavy atom. The van der Waals surface area contributed by atoms with Gasteiger partial charge in [0, 0.05) is 47.3 Å². The summed E-state index contributed by atoms with van der Waals surface area (Å²) in [6.07, 6.45) is 5.27. The number of carbonyl (C=O) groups is 1. The van der Waals surface area contributed by atoms with Crippen LogP contribution in [0.2, 0.25) is 5.02 Å². The Kier molecular flexibility index (Phi) is 6.25. The Balaban J connectivity index is 1.21. The third kappa shape index (κ3) is 4.93. The highest BCUT2D eigenvalue weighted by Gasteiger charge is 2.53. The molecule has 1 aromatic carbocycles. The van der Waals surface area contributed by atoms with Gasteiger partial charge >= 0.3 is 6.18 Å². The van der Waals surface area contributed by atoms with E-state index in [1.807, 2.05) is 0 Å². The van der Waals surface area contributed by atoms with E-state index in [9.17, 15) is 18.0 Å². The molecule has 4 aromatic rings. The minimum atomic E-state index is -4.55. The number of nitrogens with one attached hydrogen (secondary N) is 1. The second-order valence-corrected chi connectivity index (χ2v) is 10.9. The number of alkyl halides is 3. The van der Waals surface area contributed by atoms with Gasteiger partial charge in [-0.2, -0.15) is 13.2 Å². The molecule has 1 saturated carbocycles. The average Bonchev–Trinajstić information content (AvgIpc) is 3.40. The lowest BCUT2D eigenvalue weighted by Gasteiger charge is -2.22. The molecule has 4 heterocycles. The molecule has 1 aliphatic carbocycles. The molecule has 11 heteroatoms. The number of pyridine rings is 2. The first-order valence-corrected chi connectivity index (χ1v) is 13.2. The zero-order valence-electron chi connectivity index (χ0n) is 21.1. The quantitative estimate of drug-likeness (QED) is 0.311. The Morgan fingerprint density at radius 2 is 1.95 bits per heavy atom.